The van der Waals surface area contributed by atoms with Gasteiger partial charge in [0.1, 0.15) is 6.61 Å². The highest BCUT2D eigenvalue weighted by molar-refractivity contribution is 5.76. The molecule has 1 aliphatic rings. The van der Waals surface area contributed by atoms with Crippen LogP contribution in [0.1, 0.15) is 18.9 Å². The molecule has 0 unspecified atom stereocenters. The topological polar surface area (TPSA) is 127 Å². The lowest BCUT2D eigenvalue weighted by molar-refractivity contribution is -0.384. The van der Waals surface area contributed by atoms with Crippen LogP contribution in [-0.4, -0.2) is 33.8 Å². The van der Waals surface area contributed by atoms with E-state index < -0.39 is 23.1 Å². The van der Waals surface area contributed by atoms with E-state index in [1.807, 2.05) is 0 Å². The lowest BCUT2D eigenvalue weighted by Crippen LogP contribution is -2.38. The van der Waals surface area contributed by atoms with E-state index in [1.54, 1.807) is 31.2 Å². The number of carbonyl (C=O) groups is 1. The quantitative estimate of drug-likeness (QED) is 0.362. The summed E-state index contributed by atoms with van der Waals surface area (Å²) in [5.41, 5.74) is 0.459. The number of esters is 1. The number of rotatable bonds is 5. The Morgan fingerprint density at radius 2 is 1.90 bits per heavy atom. The summed E-state index contributed by atoms with van der Waals surface area (Å²) in [6.45, 7) is 1.61. The zero-order valence-corrected chi connectivity index (χ0v) is 15.2. The summed E-state index contributed by atoms with van der Waals surface area (Å²) in [6.07, 6.45) is -1.73. The van der Waals surface area contributed by atoms with E-state index in [2.05, 4.69) is 10.2 Å². The molecule has 2 heterocycles. The first-order valence-electron chi connectivity index (χ1n) is 8.68. The average molecular weight is 397 g/mol. The molecular formula is C19H15N3O7. The van der Waals surface area contributed by atoms with E-state index >= 15 is 0 Å². The van der Waals surface area contributed by atoms with Gasteiger partial charge in [0.05, 0.1) is 4.92 Å². The highest BCUT2D eigenvalue weighted by Gasteiger charge is 2.31. The van der Waals surface area contributed by atoms with Gasteiger partial charge in [0.2, 0.25) is 12.0 Å². The molecule has 10 heteroatoms. The molecule has 148 valence electrons. The Labute approximate surface area is 164 Å². The minimum absolute atomic E-state index is 0.0282. The fraction of sp³-hybridized carbons (Fsp3) is 0.211. The van der Waals surface area contributed by atoms with Crippen LogP contribution in [0.25, 0.3) is 11.5 Å². The van der Waals surface area contributed by atoms with Crippen LogP contribution in [0, 0.1) is 10.1 Å². The van der Waals surface area contributed by atoms with Crippen molar-refractivity contribution in [3.05, 3.63) is 64.5 Å². The number of fused-ring (bicyclic) bond motifs is 1. The Morgan fingerprint density at radius 3 is 2.62 bits per heavy atom. The fourth-order valence-electron chi connectivity index (χ4n) is 2.68. The first-order chi connectivity index (χ1) is 14.0. The molecule has 0 bridgehead atoms. The van der Waals surface area contributed by atoms with Crippen LogP contribution in [-0.2, 0) is 9.53 Å². The second kappa shape index (κ2) is 7.58. The van der Waals surface area contributed by atoms with E-state index in [9.17, 15) is 14.9 Å². The van der Waals surface area contributed by atoms with Gasteiger partial charge in [-0.3, -0.25) is 10.1 Å². The molecular weight excluding hydrogens is 382 g/mol. The molecule has 0 saturated carbocycles. The van der Waals surface area contributed by atoms with E-state index in [1.165, 1.54) is 24.3 Å². The van der Waals surface area contributed by atoms with E-state index in [-0.39, 0.29) is 24.1 Å². The third-order valence-electron chi connectivity index (χ3n) is 4.18. The minimum atomic E-state index is -0.913. The Kier molecular flexibility index (Phi) is 4.82. The third kappa shape index (κ3) is 3.86. The summed E-state index contributed by atoms with van der Waals surface area (Å²) in [6, 6.07) is 12.7. The summed E-state index contributed by atoms with van der Waals surface area (Å²) < 4.78 is 22.0. The smallest absolute Gasteiger partial charge is 0.351 e. The van der Waals surface area contributed by atoms with Gasteiger partial charge >= 0.3 is 5.97 Å². The van der Waals surface area contributed by atoms with Crippen molar-refractivity contribution in [1.29, 1.82) is 0 Å². The van der Waals surface area contributed by atoms with Gasteiger partial charge in [-0.15, -0.1) is 10.2 Å². The molecule has 0 fully saturated rings. The van der Waals surface area contributed by atoms with Crippen molar-refractivity contribution in [1.82, 2.24) is 10.2 Å². The molecule has 29 heavy (non-hydrogen) atoms. The highest BCUT2D eigenvalue weighted by Crippen LogP contribution is 2.32. The number of aromatic nitrogens is 2. The number of benzene rings is 2. The molecule has 0 aliphatic carbocycles. The molecule has 0 spiro atoms. The first-order valence-corrected chi connectivity index (χ1v) is 8.68. The van der Waals surface area contributed by atoms with Gasteiger partial charge < -0.3 is 18.6 Å². The second-order valence-electron chi connectivity index (χ2n) is 6.19. The van der Waals surface area contributed by atoms with Crippen molar-refractivity contribution in [3.8, 4) is 23.0 Å². The molecule has 1 aliphatic heterocycles. The number of para-hydroxylation sites is 2. The number of ether oxygens (including phenoxy) is 3. The summed E-state index contributed by atoms with van der Waals surface area (Å²) in [5, 5.41) is 18.5. The predicted molar refractivity (Wildman–Crippen MR) is 97.2 cm³/mol. The molecule has 2 atom stereocenters. The van der Waals surface area contributed by atoms with Crippen LogP contribution in [0.5, 0.6) is 11.5 Å². The minimum Gasteiger partial charge on any atom is -0.485 e. The van der Waals surface area contributed by atoms with Crippen LogP contribution in [0.4, 0.5) is 5.69 Å². The zero-order chi connectivity index (χ0) is 20.4. The van der Waals surface area contributed by atoms with Crippen molar-refractivity contribution in [2.45, 2.75) is 19.1 Å². The molecule has 0 amide bonds. The molecule has 2 aromatic carbocycles. The maximum absolute atomic E-state index is 12.4. The van der Waals surface area contributed by atoms with Crippen molar-refractivity contribution < 1.29 is 28.3 Å². The van der Waals surface area contributed by atoms with Gasteiger partial charge in [-0.25, -0.2) is 4.79 Å². The standard InChI is InChI=1S/C19H15N3O7/c1-11(27-19(23)16-10-26-14-4-2-3-5-15(14)28-16)17-20-21-18(29-17)12-6-8-13(9-7-12)22(24)25/h2-9,11,16H,10H2,1H3/t11-,16+/m1/s1. The van der Waals surface area contributed by atoms with Crippen molar-refractivity contribution in [2.75, 3.05) is 6.61 Å². The van der Waals surface area contributed by atoms with Gasteiger partial charge in [-0.05, 0) is 31.2 Å². The fourth-order valence-corrected chi connectivity index (χ4v) is 2.68. The highest BCUT2D eigenvalue weighted by atomic mass is 16.6. The Morgan fingerprint density at radius 1 is 1.17 bits per heavy atom. The van der Waals surface area contributed by atoms with E-state index in [0.29, 0.717) is 17.1 Å². The number of nitro groups is 1. The summed E-state index contributed by atoms with van der Waals surface area (Å²) in [4.78, 5) is 22.6. The molecule has 0 N–H and O–H groups in total. The van der Waals surface area contributed by atoms with E-state index in [0.717, 1.165) is 0 Å². The molecule has 0 radical (unpaired) electrons. The second-order valence-corrected chi connectivity index (χ2v) is 6.19. The van der Waals surface area contributed by atoms with Crippen LogP contribution < -0.4 is 9.47 Å². The van der Waals surface area contributed by atoms with Gasteiger partial charge in [-0.2, -0.15) is 0 Å². The normalized spacial score (nSPS) is 16.1. The van der Waals surface area contributed by atoms with Gasteiger partial charge in [0.15, 0.2) is 17.6 Å². The maximum Gasteiger partial charge on any atom is 0.351 e. The molecule has 1 aromatic heterocycles. The maximum atomic E-state index is 12.4. The lowest BCUT2D eigenvalue weighted by atomic mass is 10.2. The van der Waals surface area contributed by atoms with Crippen LogP contribution in [0.3, 0.4) is 0 Å². The van der Waals surface area contributed by atoms with Crippen molar-refractivity contribution in [2.24, 2.45) is 0 Å². The summed E-state index contributed by atoms with van der Waals surface area (Å²) in [5.74, 6) is 0.649. The van der Waals surface area contributed by atoms with Crippen LogP contribution in [0.15, 0.2) is 52.9 Å². The summed E-state index contributed by atoms with van der Waals surface area (Å²) in [7, 11) is 0. The van der Waals surface area contributed by atoms with Crippen LogP contribution in [0.2, 0.25) is 0 Å². The number of nitro benzene ring substituents is 1. The Balaban J connectivity index is 1.41. The first kappa shape index (κ1) is 18.4. The largest absolute Gasteiger partial charge is 0.485 e. The van der Waals surface area contributed by atoms with Crippen molar-refractivity contribution in [3.63, 3.8) is 0 Å². The number of non-ortho nitro benzene ring substituents is 1. The third-order valence-corrected chi connectivity index (χ3v) is 4.18. The number of hydrogen-bond donors (Lipinski definition) is 0. The SMILES string of the molecule is C[C@@H](OC(=O)[C@@H]1COc2ccccc2O1)c1nnc(-c2ccc([N+](=O)[O-])cc2)o1. The van der Waals surface area contributed by atoms with Gasteiger partial charge in [0, 0.05) is 17.7 Å². The number of nitrogens with zero attached hydrogens (tertiary/aromatic N) is 3. The van der Waals surface area contributed by atoms with Gasteiger partial charge in [-0.1, -0.05) is 12.1 Å². The Bertz CT molecular complexity index is 1050. The lowest BCUT2D eigenvalue weighted by Gasteiger charge is -2.25. The number of hydrogen-bond acceptors (Lipinski definition) is 9. The van der Waals surface area contributed by atoms with E-state index in [4.69, 9.17) is 18.6 Å². The Hall–Kier alpha value is -3.95. The van der Waals surface area contributed by atoms with Crippen molar-refractivity contribution >= 4 is 11.7 Å². The van der Waals surface area contributed by atoms with Gasteiger partial charge in [0.25, 0.3) is 11.6 Å². The van der Waals surface area contributed by atoms with Crippen LogP contribution >= 0.6 is 0 Å². The molecule has 3 aromatic rings. The zero-order valence-electron chi connectivity index (χ0n) is 15.2. The monoisotopic (exact) mass is 397 g/mol. The molecule has 10 nitrogen and oxygen atoms in total. The predicted octanol–water partition coefficient (Wildman–Crippen LogP) is 3.09. The molecule has 0 saturated heterocycles. The molecule has 4 rings (SSSR count). The summed E-state index contributed by atoms with van der Waals surface area (Å²) >= 11 is 0. The number of carbonyl (C=O) groups excluding carboxylic acids is 1. The average Bonchev–Trinajstić information content (AvgIpc) is 3.24.